The first kappa shape index (κ1) is 15.1. The zero-order valence-corrected chi connectivity index (χ0v) is 11.4. The third kappa shape index (κ3) is 3.87. The van der Waals surface area contributed by atoms with E-state index in [0.717, 1.165) is 5.56 Å². The number of amides is 1. The fourth-order valence-corrected chi connectivity index (χ4v) is 1.63. The van der Waals surface area contributed by atoms with Crippen LogP contribution >= 0.6 is 0 Å². The summed E-state index contributed by atoms with van der Waals surface area (Å²) in [6.07, 6.45) is 0.344. The summed E-state index contributed by atoms with van der Waals surface area (Å²) in [5.74, 6) is -0.678. The number of nitrogens with two attached hydrogens (primary N) is 1. The molecule has 1 aromatic heterocycles. The third-order valence-electron chi connectivity index (χ3n) is 2.93. The Morgan fingerprint density at radius 2 is 2.14 bits per heavy atom. The fraction of sp³-hybridized carbons (Fsp3) is 0.286. The number of carbonyl (C=O) groups is 1. The normalized spacial score (nSPS) is 13.7. The fourth-order valence-electron chi connectivity index (χ4n) is 1.63. The quantitative estimate of drug-likeness (QED) is 0.767. The van der Waals surface area contributed by atoms with Crippen molar-refractivity contribution in [3.8, 4) is 0 Å². The summed E-state index contributed by atoms with van der Waals surface area (Å²) in [4.78, 5) is 15.8. The Morgan fingerprint density at radius 3 is 2.76 bits per heavy atom. The monoisotopic (exact) mass is 293 g/mol. The van der Waals surface area contributed by atoms with E-state index < -0.39 is 18.1 Å². The molecule has 0 fully saturated rings. The Kier molecular flexibility index (Phi) is 4.66. The lowest BCUT2D eigenvalue weighted by atomic mass is 10.2. The minimum Gasteiger partial charge on any atom is -0.446 e. The van der Waals surface area contributed by atoms with Gasteiger partial charge in [-0.25, -0.2) is 9.37 Å². The summed E-state index contributed by atoms with van der Waals surface area (Å²) >= 11 is 0. The molecule has 0 saturated carbocycles. The first-order valence-electron chi connectivity index (χ1n) is 6.39. The molecule has 0 saturated heterocycles. The van der Waals surface area contributed by atoms with Gasteiger partial charge in [-0.15, -0.1) is 0 Å². The van der Waals surface area contributed by atoms with Gasteiger partial charge in [0.1, 0.15) is 18.1 Å². The molecule has 7 heteroatoms. The average molecular weight is 293 g/mol. The van der Waals surface area contributed by atoms with E-state index in [1.165, 1.54) is 25.3 Å². The first-order valence-corrected chi connectivity index (χ1v) is 6.39. The molecule has 21 heavy (non-hydrogen) atoms. The second kappa shape index (κ2) is 6.47. The van der Waals surface area contributed by atoms with Crippen LogP contribution in [0.4, 0.5) is 4.39 Å². The Labute approximate surface area is 120 Å². The van der Waals surface area contributed by atoms with Crippen LogP contribution in [0.15, 0.2) is 34.9 Å². The molecule has 112 valence electrons. The lowest BCUT2D eigenvalue weighted by molar-refractivity contribution is 0.0945. The van der Waals surface area contributed by atoms with Gasteiger partial charge in [-0.05, 0) is 24.6 Å². The standard InChI is InChI=1S/C14H16FN3O3/c1-8(19)12(16)14-18-11(7-21-14)13(20)17-6-9-2-4-10(15)5-3-9/h2-5,7-8,12,19H,6,16H2,1H3,(H,17,20). The minimum absolute atomic E-state index is 0.0724. The van der Waals surface area contributed by atoms with Crippen molar-refractivity contribution in [1.82, 2.24) is 10.3 Å². The molecular formula is C14H16FN3O3. The minimum atomic E-state index is -0.834. The van der Waals surface area contributed by atoms with Gasteiger partial charge in [-0.1, -0.05) is 12.1 Å². The van der Waals surface area contributed by atoms with E-state index >= 15 is 0 Å². The van der Waals surface area contributed by atoms with Gasteiger partial charge in [0.15, 0.2) is 5.69 Å². The van der Waals surface area contributed by atoms with Crippen LogP contribution in [0.2, 0.25) is 0 Å². The molecule has 0 aliphatic rings. The largest absolute Gasteiger partial charge is 0.446 e. The summed E-state index contributed by atoms with van der Waals surface area (Å²) in [7, 11) is 0. The molecule has 0 spiro atoms. The van der Waals surface area contributed by atoms with Gasteiger partial charge in [-0.2, -0.15) is 0 Å². The van der Waals surface area contributed by atoms with Gasteiger partial charge in [0, 0.05) is 6.54 Å². The summed E-state index contributed by atoms with van der Waals surface area (Å²) in [6.45, 7) is 1.74. The second-order valence-corrected chi connectivity index (χ2v) is 4.65. The number of carbonyl (C=O) groups excluding carboxylic acids is 1. The van der Waals surface area contributed by atoms with Crippen LogP contribution in [0.3, 0.4) is 0 Å². The molecule has 2 aromatic rings. The van der Waals surface area contributed by atoms with Gasteiger partial charge in [0.25, 0.3) is 5.91 Å². The molecule has 0 bridgehead atoms. The molecule has 2 rings (SSSR count). The number of oxazole rings is 1. The van der Waals surface area contributed by atoms with E-state index in [1.54, 1.807) is 12.1 Å². The molecular weight excluding hydrogens is 277 g/mol. The van der Waals surface area contributed by atoms with Crippen LogP contribution < -0.4 is 11.1 Å². The first-order chi connectivity index (χ1) is 9.97. The van der Waals surface area contributed by atoms with Crippen molar-refractivity contribution in [1.29, 1.82) is 0 Å². The summed E-state index contributed by atoms with van der Waals surface area (Å²) in [6, 6.07) is 5.00. The zero-order valence-electron chi connectivity index (χ0n) is 11.4. The van der Waals surface area contributed by atoms with E-state index in [1.807, 2.05) is 0 Å². The number of aromatic nitrogens is 1. The summed E-state index contributed by atoms with van der Waals surface area (Å²) in [5, 5.41) is 12.0. The van der Waals surface area contributed by atoms with Crippen LogP contribution in [-0.4, -0.2) is 22.1 Å². The van der Waals surface area contributed by atoms with Crippen molar-refractivity contribution in [2.45, 2.75) is 25.6 Å². The van der Waals surface area contributed by atoms with Crippen LogP contribution in [0.5, 0.6) is 0 Å². The van der Waals surface area contributed by atoms with E-state index in [0.29, 0.717) is 0 Å². The van der Waals surface area contributed by atoms with Crippen molar-refractivity contribution in [3.05, 3.63) is 53.5 Å². The maximum absolute atomic E-state index is 12.8. The summed E-state index contributed by atoms with van der Waals surface area (Å²) in [5.41, 5.74) is 6.49. The number of benzene rings is 1. The number of nitrogens with zero attached hydrogens (tertiary/aromatic N) is 1. The molecule has 0 aliphatic heterocycles. The Hall–Kier alpha value is -2.25. The second-order valence-electron chi connectivity index (χ2n) is 4.65. The highest BCUT2D eigenvalue weighted by atomic mass is 19.1. The molecule has 0 aliphatic carbocycles. The Bertz CT molecular complexity index is 610. The molecule has 1 amide bonds. The van der Waals surface area contributed by atoms with Crippen molar-refractivity contribution in [2.24, 2.45) is 5.73 Å². The number of rotatable bonds is 5. The predicted octanol–water partition coefficient (Wildman–Crippen LogP) is 1.12. The van der Waals surface area contributed by atoms with Gasteiger partial charge >= 0.3 is 0 Å². The van der Waals surface area contributed by atoms with Crippen molar-refractivity contribution in [2.75, 3.05) is 0 Å². The number of nitrogens with one attached hydrogen (secondary N) is 1. The molecule has 1 heterocycles. The van der Waals surface area contributed by atoms with Crippen molar-refractivity contribution < 1.29 is 18.7 Å². The van der Waals surface area contributed by atoms with Gasteiger partial charge < -0.3 is 20.6 Å². The predicted molar refractivity (Wildman–Crippen MR) is 72.7 cm³/mol. The molecule has 1 aromatic carbocycles. The maximum Gasteiger partial charge on any atom is 0.273 e. The molecule has 2 unspecified atom stereocenters. The van der Waals surface area contributed by atoms with Crippen molar-refractivity contribution in [3.63, 3.8) is 0 Å². The van der Waals surface area contributed by atoms with Gasteiger partial charge in [0.05, 0.1) is 6.10 Å². The van der Waals surface area contributed by atoms with E-state index in [9.17, 15) is 14.3 Å². The highest BCUT2D eigenvalue weighted by molar-refractivity contribution is 5.91. The van der Waals surface area contributed by atoms with E-state index in [-0.39, 0.29) is 23.9 Å². The number of hydrogen-bond acceptors (Lipinski definition) is 5. The van der Waals surface area contributed by atoms with Crippen LogP contribution in [0.1, 0.15) is 34.9 Å². The number of hydrogen-bond donors (Lipinski definition) is 3. The maximum atomic E-state index is 12.8. The summed E-state index contributed by atoms with van der Waals surface area (Å²) < 4.78 is 17.8. The number of aliphatic hydroxyl groups is 1. The van der Waals surface area contributed by atoms with Gasteiger partial charge in [-0.3, -0.25) is 4.79 Å². The Morgan fingerprint density at radius 1 is 1.48 bits per heavy atom. The Balaban J connectivity index is 1.96. The highest BCUT2D eigenvalue weighted by Gasteiger charge is 2.20. The molecule has 6 nitrogen and oxygen atoms in total. The van der Waals surface area contributed by atoms with Crippen LogP contribution in [0, 0.1) is 5.82 Å². The third-order valence-corrected chi connectivity index (χ3v) is 2.93. The topological polar surface area (TPSA) is 101 Å². The average Bonchev–Trinajstić information content (AvgIpc) is 2.95. The van der Waals surface area contributed by atoms with Crippen molar-refractivity contribution >= 4 is 5.91 Å². The lowest BCUT2D eigenvalue weighted by Gasteiger charge is -2.09. The number of aliphatic hydroxyl groups excluding tert-OH is 1. The van der Waals surface area contributed by atoms with E-state index in [4.69, 9.17) is 10.2 Å². The van der Waals surface area contributed by atoms with Gasteiger partial charge in [0.2, 0.25) is 5.89 Å². The highest BCUT2D eigenvalue weighted by Crippen LogP contribution is 2.13. The number of halogens is 1. The molecule has 2 atom stereocenters. The lowest BCUT2D eigenvalue weighted by Crippen LogP contribution is -2.25. The van der Waals surface area contributed by atoms with Crippen LogP contribution in [0.25, 0.3) is 0 Å². The van der Waals surface area contributed by atoms with Crippen LogP contribution in [-0.2, 0) is 6.54 Å². The van der Waals surface area contributed by atoms with E-state index in [2.05, 4.69) is 10.3 Å². The zero-order chi connectivity index (χ0) is 15.4. The smallest absolute Gasteiger partial charge is 0.273 e. The molecule has 0 radical (unpaired) electrons. The SMILES string of the molecule is CC(O)C(N)c1nc(C(=O)NCc2ccc(F)cc2)co1. The molecule has 4 N–H and O–H groups in total.